The lowest BCUT2D eigenvalue weighted by Crippen LogP contribution is -2.37. The van der Waals surface area contributed by atoms with Crippen molar-refractivity contribution in [2.45, 2.75) is 12.5 Å². The summed E-state index contributed by atoms with van der Waals surface area (Å²) in [6.07, 6.45) is 1.97. The Balaban J connectivity index is 1.99. The van der Waals surface area contributed by atoms with E-state index in [2.05, 4.69) is 26.2 Å². The Labute approximate surface area is 125 Å². The first-order valence-corrected chi connectivity index (χ1v) is 6.80. The fourth-order valence-electron chi connectivity index (χ4n) is 1.67. The van der Waals surface area contributed by atoms with Crippen LogP contribution >= 0.6 is 15.9 Å². The van der Waals surface area contributed by atoms with E-state index in [0.29, 0.717) is 16.7 Å². The number of aromatic nitrogens is 1. The molecule has 1 atom stereocenters. The normalized spacial score (nSPS) is 11.9. The molecule has 5 nitrogen and oxygen atoms in total. The first-order chi connectivity index (χ1) is 9.56. The lowest BCUT2D eigenvalue weighted by molar-refractivity contribution is -0.117. The number of aromatic hydroxyl groups is 1. The molecule has 6 heteroatoms. The molecule has 0 radical (unpaired) electrons. The molecule has 0 saturated heterocycles. The summed E-state index contributed by atoms with van der Waals surface area (Å²) in [6.45, 7) is 0. The molecule has 1 heterocycles. The second-order valence-corrected chi connectivity index (χ2v) is 5.15. The van der Waals surface area contributed by atoms with E-state index < -0.39 is 6.04 Å². The van der Waals surface area contributed by atoms with E-state index in [1.807, 2.05) is 0 Å². The highest BCUT2D eigenvalue weighted by Gasteiger charge is 2.15. The lowest BCUT2D eigenvalue weighted by Gasteiger charge is -2.12. The third-order valence-electron chi connectivity index (χ3n) is 2.73. The summed E-state index contributed by atoms with van der Waals surface area (Å²) in [6, 6.07) is 9.46. The van der Waals surface area contributed by atoms with Crippen LogP contribution in [-0.2, 0) is 11.2 Å². The molecule has 1 aromatic carbocycles. The van der Waals surface area contributed by atoms with E-state index in [9.17, 15) is 9.90 Å². The first kappa shape index (κ1) is 14.5. The number of benzene rings is 1. The smallest absolute Gasteiger partial charge is 0.242 e. The topological polar surface area (TPSA) is 88.2 Å². The van der Waals surface area contributed by atoms with Crippen molar-refractivity contribution in [3.05, 3.63) is 52.6 Å². The van der Waals surface area contributed by atoms with Gasteiger partial charge in [-0.05, 0) is 52.2 Å². The number of hydrogen-bond acceptors (Lipinski definition) is 4. The van der Waals surface area contributed by atoms with E-state index in [1.165, 1.54) is 0 Å². The van der Waals surface area contributed by atoms with Gasteiger partial charge < -0.3 is 16.2 Å². The van der Waals surface area contributed by atoms with Crippen LogP contribution in [0.1, 0.15) is 5.56 Å². The Hall–Kier alpha value is -1.92. The monoisotopic (exact) mass is 335 g/mol. The Bertz CT molecular complexity index is 602. The number of nitrogens with two attached hydrogens (primary N) is 1. The average molecular weight is 336 g/mol. The number of pyridine rings is 1. The van der Waals surface area contributed by atoms with Gasteiger partial charge in [0.15, 0.2) is 0 Å². The van der Waals surface area contributed by atoms with Crippen LogP contribution in [0.25, 0.3) is 0 Å². The standard InChI is InChI=1S/C14H14BrN3O2/c15-11-2-1-7-17-13(11)18-14(20)12(16)8-9-3-5-10(19)6-4-9/h1-7,12,19H,8,16H2,(H,17,18,20). The molecular weight excluding hydrogens is 322 g/mol. The summed E-state index contributed by atoms with van der Waals surface area (Å²) in [4.78, 5) is 16.0. The minimum atomic E-state index is -0.687. The number of phenols is 1. The van der Waals surface area contributed by atoms with Crippen molar-refractivity contribution >= 4 is 27.7 Å². The Kier molecular flexibility index (Phi) is 4.70. The second-order valence-electron chi connectivity index (χ2n) is 4.30. The number of carbonyl (C=O) groups is 1. The van der Waals surface area contributed by atoms with Crippen LogP contribution in [0.5, 0.6) is 5.75 Å². The molecule has 1 aromatic heterocycles. The summed E-state index contributed by atoms with van der Waals surface area (Å²) in [7, 11) is 0. The lowest BCUT2D eigenvalue weighted by atomic mass is 10.1. The highest BCUT2D eigenvalue weighted by Crippen LogP contribution is 2.18. The second kappa shape index (κ2) is 6.49. The van der Waals surface area contributed by atoms with Crippen LogP contribution in [0.3, 0.4) is 0 Å². The highest BCUT2D eigenvalue weighted by molar-refractivity contribution is 9.10. The summed E-state index contributed by atoms with van der Waals surface area (Å²) >= 11 is 3.30. The predicted octanol–water partition coefficient (Wildman–Crippen LogP) is 2.06. The van der Waals surface area contributed by atoms with Gasteiger partial charge in [-0.3, -0.25) is 4.79 Å². The molecule has 0 aliphatic rings. The van der Waals surface area contributed by atoms with Crippen LogP contribution in [-0.4, -0.2) is 22.0 Å². The molecule has 1 unspecified atom stereocenters. The average Bonchev–Trinajstić information content (AvgIpc) is 2.44. The SMILES string of the molecule is NC(Cc1ccc(O)cc1)C(=O)Nc1ncccc1Br. The zero-order valence-electron chi connectivity index (χ0n) is 10.6. The maximum absolute atomic E-state index is 12.0. The Morgan fingerprint density at radius 1 is 1.35 bits per heavy atom. The van der Waals surface area contributed by atoms with Crippen molar-refractivity contribution in [3.63, 3.8) is 0 Å². The molecule has 0 aliphatic carbocycles. The third-order valence-corrected chi connectivity index (χ3v) is 3.37. The predicted molar refractivity (Wildman–Crippen MR) is 80.4 cm³/mol. The van der Waals surface area contributed by atoms with E-state index in [4.69, 9.17) is 5.73 Å². The number of rotatable bonds is 4. The van der Waals surface area contributed by atoms with Gasteiger partial charge in [-0.15, -0.1) is 0 Å². The van der Waals surface area contributed by atoms with E-state index in [-0.39, 0.29) is 11.7 Å². The molecule has 20 heavy (non-hydrogen) atoms. The molecule has 0 aliphatic heterocycles. The molecule has 2 aromatic rings. The van der Waals surface area contributed by atoms with Gasteiger partial charge in [0.2, 0.25) is 5.91 Å². The van der Waals surface area contributed by atoms with Crippen molar-refractivity contribution in [3.8, 4) is 5.75 Å². The fraction of sp³-hybridized carbons (Fsp3) is 0.143. The minimum absolute atomic E-state index is 0.184. The number of nitrogens with one attached hydrogen (secondary N) is 1. The molecule has 2 rings (SSSR count). The maximum Gasteiger partial charge on any atom is 0.242 e. The van der Waals surface area contributed by atoms with Gasteiger partial charge in [0, 0.05) is 6.20 Å². The van der Waals surface area contributed by atoms with Crippen LogP contribution < -0.4 is 11.1 Å². The van der Waals surface area contributed by atoms with Crippen LogP contribution in [0, 0.1) is 0 Å². The van der Waals surface area contributed by atoms with Crippen LogP contribution in [0.2, 0.25) is 0 Å². The van der Waals surface area contributed by atoms with Gasteiger partial charge in [-0.1, -0.05) is 12.1 Å². The van der Waals surface area contributed by atoms with Crippen molar-refractivity contribution < 1.29 is 9.90 Å². The third kappa shape index (κ3) is 3.79. The van der Waals surface area contributed by atoms with Gasteiger partial charge in [-0.25, -0.2) is 4.98 Å². The maximum atomic E-state index is 12.0. The van der Waals surface area contributed by atoms with E-state index >= 15 is 0 Å². The largest absolute Gasteiger partial charge is 0.508 e. The van der Waals surface area contributed by atoms with Gasteiger partial charge >= 0.3 is 0 Å². The van der Waals surface area contributed by atoms with E-state index in [1.54, 1.807) is 42.6 Å². The molecule has 0 spiro atoms. The van der Waals surface area contributed by atoms with Crippen molar-refractivity contribution in [2.24, 2.45) is 5.73 Å². The van der Waals surface area contributed by atoms with Gasteiger partial charge in [0.1, 0.15) is 11.6 Å². The number of phenolic OH excluding ortho intramolecular Hbond substituents is 1. The number of halogens is 1. The van der Waals surface area contributed by atoms with Gasteiger partial charge in [-0.2, -0.15) is 0 Å². The zero-order valence-corrected chi connectivity index (χ0v) is 12.2. The molecular formula is C14H14BrN3O2. The van der Waals surface area contributed by atoms with Gasteiger partial charge in [0.25, 0.3) is 0 Å². The summed E-state index contributed by atoms with van der Waals surface area (Å²) in [5.74, 6) is 0.320. The first-order valence-electron chi connectivity index (χ1n) is 6.01. The van der Waals surface area contributed by atoms with Crippen molar-refractivity contribution in [2.75, 3.05) is 5.32 Å². The Morgan fingerprint density at radius 3 is 2.70 bits per heavy atom. The van der Waals surface area contributed by atoms with Crippen molar-refractivity contribution in [1.29, 1.82) is 0 Å². The zero-order chi connectivity index (χ0) is 14.5. The fourth-order valence-corrected chi connectivity index (χ4v) is 2.02. The quantitative estimate of drug-likeness (QED) is 0.797. The van der Waals surface area contributed by atoms with Gasteiger partial charge in [0.05, 0.1) is 10.5 Å². The number of carbonyl (C=O) groups excluding carboxylic acids is 1. The Morgan fingerprint density at radius 2 is 2.05 bits per heavy atom. The van der Waals surface area contributed by atoms with Crippen LogP contribution in [0.15, 0.2) is 47.1 Å². The minimum Gasteiger partial charge on any atom is -0.508 e. The molecule has 0 fully saturated rings. The molecule has 104 valence electrons. The number of hydrogen-bond donors (Lipinski definition) is 3. The summed E-state index contributed by atoms with van der Waals surface area (Å²) < 4.78 is 0.699. The number of anilines is 1. The van der Waals surface area contributed by atoms with Crippen molar-refractivity contribution in [1.82, 2.24) is 4.98 Å². The molecule has 0 saturated carbocycles. The van der Waals surface area contributed by atoms with E-state index in [0.717, 1.165) is 5.56 Å². The molecule has 1 amide bonds. The molecule has 0 bridgehead atoms. The molecule has 4 N–H and O–H groups in total. The van der Waals surface area contributed by atoms with Crippen LogP contribution in [0.4, 0.5) is 5.82 Å². The summed E-state index contributed by atoms with van der Waals surface area (Å²) in [5, 5.41) is 11.9. The number of nitrogens with zero attached hydrogens (tertiary/aromatic N) is 1. The highest BCUT2D eigenvalue weighted by atomic mass is 79.9. The summed E-state index contributed by atoms with van der Waals surface area (Å²) in [5.41, 5.74) is 6.75. The number of amides is 1.